The summed E-state index contributed by atoms with van der Waals surface area (Å²) in [6.45, 7) is 4.70. The molecule has 2 rings (SSSR count). The van der Waals surface area contributed by atoms with E-state index in [0.29, 0.717) is 5.76 Å². The molecule has 0 N–H and O–H groups in total. The number of ketones is 1. The number of aromatic nitrogens is 2. The quantitative estimate of drug-likeness (QED) is 0.739. The molecule has 0 amide bonds. The Balaban J connectivity index is 2.17. The zero-order chi connectivity index (χ0) is 11.5. The molecule has 0 aliphatic carbocycles. The monoisotopic (exact) mass is 218 g/mol. The number of rotatable bonds is 4. The molecule has 0 atom stereocenters. The van der Waals surface area contributed by atoms with Crippen LogP contribution in [0.25, 0.3) is 0 Å². The molecule has 0 bridgehead atoms. The van der Waals surface area contributed by atoms with Crippen LogP contribution >= 0.6 is 0 Å². The first-order chi connectivity index (χ1) is 7.72. The minimum Gasteiger partial charge on any atom is -0.461 e. The fourth-order valence-corrected chi connectivity index (χ4v) is 1.68. The molecule has 2 heterocycles. The van der Waals surface area contributed by atoms with Gasteiger partial charge in [-0.2, -0.15) is 0 Å². The fourth-order valence-electron chi connectivity index (χ4n) is 1.68. The number of aryl methyl sites for hydroxylation is 2. The molecule has 4 heteroatoms. The highest BCUT2D eigenvalue weighted by molar-refractivity contribution is 5.95. The van der Waals surface area contributed by atoms with Crippen LogP contribution in [0.5, 0.6) is 0 Å². The van der Waals surface area contributed by atoms with Crippen molar-refractivity contribution in [1.29, 1.82) is 0 Å². The Kier molecular flexibility index (Phi) is 2.90. The number of carbonyl (C=O) groups is 1. The molecule has 0 aliphatic heterocycles. The number of furan rings is 1. The number of carbonyl (C=O) groups excluding carboxylic acids is 1. The van der Waals surface area contributed by atoms with Crippen molar-refractivity contribution in [3.05, 3.63) is 41.9 Å². The van der Waals surface area contributed by atoms with Crippen molar-refractivity contribution in [3.63, 3.8) is 0 Å². The van der Waals surface area contributed by atoms with E-state index in [-0.39, 0.29) is 12.2 Å². The number of hydrogen-bond acceptors (Lipinski definition) is 3. The molecule has 0 aliphatic rings. The molecule has 0 aromatic carbocycles. The number of Topliss-reactive ketones (excluding diaryl/α,β-unsaturated/α-hetero) is 1. The predicted octanol–water partition coefficient (Wildman–Crippen LogP) is 2.23. The lowest BCUT2D eigenvalue weighted by Gasteiger charge is -2.03. The van der Waals surface area contributed by atoms with Gasteiger partial charge in [0.2, 0.25) is 5.78 Å². The maximum atomic E-state index is 11.9. The smallest absolute Gasteiger partial charge is 0.205 e. The van der Waals surface area contributed by atoms with Gasteiger partial charge in [0, 0.05) is 18.9 Å². The van der Waals surface area contributed by atoms with E-state index in [2.05, 4.69) is 4.98 Å². The van der Waals surface area contributed by atoms with Crippen molar-refractivity contribution < 1.29 is 9.21 Å². The molecule has 2 aromatic rings. The summed E-state index contributed by atoms with van der Waals surface area (Å²) in [5.41, 5.74) is 0.875. The highest BCUT2D eigenvalue weighted by Gasteiger charge is 2.15. The normalized spacial score (nSPS) is 10.6. The summed E-state index contributed by atoms with van der Waals surface area (Å²) in [5.74, 6) is 1.19. The van der Waals surface area contributed by atoms with E-state index in [0.717, 1.165) is 17.9 Å². The Morgan fingerprint density at radius 1 is 1.56 bits per heavy atom. The Labute approximate surface area is 93.9 Å². The van der Waals surface area contributed by atoms with Crippen LogP contribution in [-0.4, -0.2) is 15.3 Å². The number of nitrogens with zero attached hydrogens (tertiary/aromatic N) is 2. The second-order valence-electron chi connectivity index (χ2n) is 3.66. The zero-order valence-corrected chi connectivity index (χ0v) is 9.43. The summed E-state index contributed by atoms with van der Waals surface area (Å²) >= 11 is 0. The molecule has 4 nitrogen and oxygen atoms in total. The van der Waals surface area contributed by atoms with Crippen molar-refractivity contribution in [3.8, 4) is 0 Å². The second-order valence-corrected chi connectivity index (χ2v) is 3.66. The van der Waals surface area contributed by atoms with E-state index in [1.807, 2.05) is 24.6 Å². The van der Waals surface area contributed by atoms with Crippen LogP contribution in [0, 0.1) is 6.92 Å². The van der Waals surface area contributed by atoms with Crippen LogP contribution in [0.1, 0.15) is 28.9 Å². The van der Waals surface area contributed by atoms with Crippen LogP contribution in [-0.2, 0) is 13.0 Å². The van der Waals surface area contributed by atoms with Gasteiger partial charge in [-0.1, -0.05) is 0 Å². The molecule has 16 heavy (non-hydrogen) atoms. The van der Waals surface area contributed by atoms with Crippen LogP contribution in [0.3, 0.4) is 0 Å². The molecule has 0 saturated carbocycles. The largest absolute Gasteiger partial charge is 0.461 e. The summed E-state index contributed by atoms with van der Waals surface area (Å²) in [6.07, 6.45) is 5.41. The Morgan fingerprint density at radius 2 is 2.38 bits per heavy atom. The first-order valence-corrected chi connectivity index (χ1v) is 5.29. The maximum Gasteiger partial charge on any atom is 0.205 e. The van der Waals surface area contributed by atoms with Crippen LogP contribution in [0.4, 0.5) is 0 Å². The molecular formula is C12H14N2O2. The van der Waals surface area contributed by atoms with E-state index in [4.69, 9.17) is 4.42 Å². The van der Waals surface area contributed by atoms with Crippen molar-refractivity contribution in [2.75, 3.05) is 0 Å². The third-order valence-electron chi connectivity index (χ3n) is 2.58. The topological polar surface area (TPSA) is 48.0 Å². The Bertz CT molecular complexity index is 497. The average molecular weight is 218 g/mol. The first kappa shape index (κ1) is 10.7. The maximum absolute atomic E-state index is 11.9. The standard InChI is InChI=1S/C12H14N2O2/c1-3-14-6-5-13-11(14)8-10(15)12-9(2)4-7-16-12/h4-7H,3,8H2,1-2H3. The van der Waals surface area contributed by atoms with E-state index < -0.39 is 0 Å². The predicted molar refractivity (Wildman–Crippen MR) is 59.4 cm³/mol. The third kappa shape index (κ3) is 1.91. The van der Waals surface area contributed by atoms with Crippen molar-refractivity contribution in [2.45, 2.75) is 26.8 Å². The van der Waals surface area contributed by atoms with Gasteiger partial charge in [0.1, 0.15) is 5.82 Å². The summed E-state index contributed by atoms with van der Waals surface area (Å²) < 4.78 is 7.12. The van der Waals surface area contributed by atoms with Crippen molar-refractivity contribution in [2.24, 2.45) is 0 Å². The summed E-state index contributed by atoms with van der Waals surface area (Å²) in [5, 5.41) is 0. The minimum atomic E-state index is -0.0246. The van der Waals surface area contributed by atoms with Crippen molar-refractivity contribution in [1.82, 2.24) is 9.55 Å². The fraction of sp³-hybridized carbons (Fsp3) is 0.333. The van der Waals surface area contributed by atoms with Gasteiger partial charge in [-0.15, -0.1) is 0 Å². The highest BCUT2D eigenvalue weighted by Crippen LogP contribution is 2.12. The van der Waals surface area contributed by atoms with E-state index in [1.54, 1.807) is 12.3 Å². The van der Waals surface area contributed by atoms with E-state index >= 15 is 0 Å². The molecule has 0 unspecified atom stereocenters. The van der Waals surface area contributed by atoms with Gasteiger partial charge in [-0.05, 0) is 25.5 Å². The van der Waals surface area contributed by atoms with Gasteiger partial charge in [0.25, 0.3) is 0 Å². The van der Waals surface area contributed by atoms with Gasteiger partial charge < -0.3 is 8.98 Å². The van der Waals surface area contributed by atoms with Gasteiger partial charge in [0.15, 0.2) is 5.76 Å². The van der Waals surface area contributed by atoms with Crippen LogP contribution < -0.4 is 0 Å². The molecular weight excluding hydrogens is 204 g/mol. The average Bonchev–Trinajstić information content (AvgIpc) is 2.86. The van der Waals surface area contributed by atoms with Gasteiger partial charge >= 0.3 is 0 Å². The number of imidazole rings is 1. The highest BCUT2D eigenvalue weighted by atomic mass is 16.3. The SMILES string of the molecule is CCn1ccnc1CC(=O)c1occc1C. The minimum absolute atomic E-state index is 0.0246. The molecule has 0 saturated heterocycles. The number of hydrogen-bond donors (Lipinski definition) is 0. The zero-order valence-electron chi connectivity index (χ0n) is 9.43. The third-order valence-corrected chi connectivity index (χ3v) is 2.58. The lowest BCUT2D eigenvalue weighted by atomic mass is 10.1. The summed E-state index contributed by atoms with van der Waals surface area (Å²) in [6, 6.07) is 1.79. The lowest BCUT2D eigenvalue weighted by molar-refractivity contribution is 0.0962. The van der Waals surface area contributed by atoms with Crippen molar-refractivity contribution >= 4 is 5.78 Å². The van der Waals surface area contributed by atoms with Gasteiger partial charge in [0.05, 0.1) is 12.7 Å². The van der Waals surface area contributed by atoms with Crippen LogP contribution in [0.15, 0.2) is 29.1 Å². The molecule has 0 fully saturated rings. The molecule has 0 spiro atoms. The lowest BCUT2D eigenvalue weighted by Crippen LogP contribution is -2.09. The second kappa shape index (κ2) is 4.35. The van der Waals surface area contributed by atoms with E-state index in [9.17, 15) is 4.79 Å². The molecule has 0 radical (unpaired) electrons. The Morgan fingerprint density at radius 3 is 3.00 bits per heavy atom. The van der Waals surface area contributed by atoms with Crippen LogP contribution in [0.2, 0.25) is 0 Å². The molecule has 84 valence electrons. The summed E-state index contributed by atoms with van der Waals surface area (Å²) in [4.78, 5) is 16.1. The summed E-state index contributed by atoms with van der Waals surface area (Å²) in [7, 11) is 0. The molecule has 2 aromatic heterocycles. The van der Waals surface area contributed by atoms with Gasteiger partial charge in [-0.3, -0.25) is 4.79 Å². The Hall–Kier alpha value is -1.84. The van der Waals surface area contributed by atoms with Gasteiger partial charge in [-0.25, -0.2) is 4.98 Å². The van der Waals surface area contributed by atoms with E-state index in [1.165, 1.54) is 6.26 Å². The first-order valence-electron chi connectivity index (χ1n) is 5.29.